The summed E-state index contributed by atoms with van der Waals surface area (Å²) in [6.45, 7) is 5.25. The molecule has 3 rings (SSSR count). The van der Waals surface area contributed by atoms with Gasteiger partial charge >= 0.3 is 0 Å². The van der Waals surface area contributed by atoms with Crippen molar-refractivity contribution in [2.75, 3.05) is 25.1 Å². The molecule has 0 radical (unpaired) electrons. The van der Waals surface area contributed by atoms with Gasteiger partial charge in [-0.2, -0.15) is 0 Å². The summed E-state index contributed by atoms with van der Waals surface area (Å²) in [6.07, 6.45) is 0. The molecule has 9 heteroatoms. The third kappa shape index (κ3) is 6.07. The van der Waals surface area contributed by atoms with Crippen molar-refractivity contribution >= 4 is 33.2 Å². The van der Waals surface area contributed by atoms with Gasteiger partial charge in [0.05, 0.1) is 30.8 Å². The second-order valence-corrected chi connectivity index (χ2v) is 10.4. The van der Waals surface area contributed by atoms with E-state index in [0.717, 1.165) is 21.0 Å². The molecule has 7 nitrogen and oxygen atoms in total. The smallest absolute Gasteiger partial charge is 0.264 e. The molecule has 0 saturated heterocycles. The molecule has 0 heterocycles. The maximum atomic E-state index is 13.6. The highest BCUT2D eigenvalue weighted by Crippen LogP contribution is 2.30. The molecule has 1 amide bonds. The zero-order valence-electron chi connectivity index (χ0n) is 20.3. The third-order valence-electron chi connectivity index (χ3n) is 5.75. The minimum atomic E-state index is -4.04. The summed E-state index contributed by atoms with van der Waals surface area (Å²) in [4.78, 5) is 13.1. The molecule has 186 valence electrons. The molecule has 1 N–H and O–H groups in total. The summed E-state index contributed by atoms with van der Waals surface area (Å²) in [5.74, 6) is 0.654. The Bertz CT molecular complexity index is 1310. The topological polar surface area (TPSA) is 84.9 Å². The van der Waals surface area contributed by atoms with Crippen LogP contribution in [0.5, 0.6) is 11.5 Å². The van der Waals surface area contributed by atoms with Crippen LogP contribution in [0.15, 0.2) is 65.6 Å². The van der Waals surface area contributed by atoms with Crippen LogP contribution >= 0.6 is 11.6 Å². The standard InChI is InChI=1S/C26H29ClN2O5S/c1-17-6-10-22(14-18(17)2)29(35(31,32)23-11-8-21(27)9-12-23)16-26(30)28-19(3)20-7-13-24(33-4)25(15-20)34-5/h6-15,19H,16H2,1-5H3,(H,28,30)/t19-/m1/s1. The van der Waals surface area contributed by atoms with Gasteiger partial charge in [0.1, 0.15) is 6.54 Å². The lowest BCUT2D eigenvalue weighted by molar-refractivity contribution is -0.120. The maximum absolute atomic E-state index is 13.6. The molecule has 1 atom stereocenters. The maximum Gasteiger partial charge on any atom is 0.264 e. The van der Waals surface area contributed by atoms with E-state index in [1.165, 1.54) is 31.4 Å². The lowest BCUT2D eigenvalue weighted by atomic mass is 10.1. The van der Waals surface area contributed by atoms with Crippen molar-refractivity contribution in [2.45, 2.75) is 31.7 Å². The zero-order valence-corrected chi connectivity index (χ0v) is 21.9. The Hall–Kier alpha value is -3.23. The highest BCUT2D eigenvalue weighted by Gasteiger charge is 2.28. The molecule has 0 aliphatic heterocycles. The average Bonchev–Trinajstić information content (AvgIpc) is 2.84. The van der Waals surface area contributed by atoms with E-state index in [1.807, 2.05) is 32.9 Å². The molecule has 0 spiro atoms. The molecular weight excluding hydrogens is 488 g/mol. The van der Waals surface area contributed by atoms with Crippen molar-refractivity contribution in [3.63, 3.8) is 0 Å². The van der Waals surface area contributed by atoms with Gasteiger partial charge in [-0.15, -0.1) is 0 Å². The highest BCUT2D eigenvalue weighted by molar-refractivity contribution is 7.92. The second kappa shape index (κ2) is 11.0. The van der Waals surface area contributed by atoms with E-state index in [4.69, 9.17) is 21.1 Å². The summed E-state index contributed by atoms with van der Waals surface area (Å²) in [5, 5.41) is 3.30. The number of aryl methyl sites for hydroxylation is 2. The van der Waals surface area contributed by atoms with Crippen LogP contribution in [0.2, 0.25) is 5.02 Å². The van der Waals surface area contributed by atoms with Gasteiger partial charge in [0.2, 0.25) is 5.91 Å². The largest absolute Gasteiger partial charge is 0.493 e. The lowest BCUT2D eigenvalue weighted by Crippen LogP contribution is -2.41. The van der Waals surface area contributed by atoms with E-state index in [-0.39, 0.29) is 4.90 Å². The first-order valence-corrected chi connectivity index (χ1v) is 12.8. The highest BCUT2D eigenvalue weighted by atomic mass is 35.5. The number of amides is 1. The van der Waals surface area contributed by atoms with E-state index in [2.05, 4.69) is 5.32 Å². The first-order valence-electron chi connectivity index (χ1n) is 10.9. The normalized spacial score (nSPS) is 12.1. The van der Waals surface area contributed by atoms with Crippen LogP contribution in [0.1, 0.15) is 29.7 Å². The number of benzene rings is 3. The number of methoxy groups -OCH3 is 2. The Morgan fingerprint density at radius 2 is 1.60 bits per heavy atom. The van der Waals surface area contributed by atoms with Crippen LogP contribution in [-0.2, 0) is 14.8 Å². The Labute approximate surface area is 211 Å². The van der Waals surface area contributed by atoms with Gasteiger partial charge in [0.15, 0.2) is 11.5 Å². The number of nitrogens with zero attached hydrogens (tertiary/aromatic N) is 1. The number of carbonyl (C=O) groups is 1. The van der Waals surface area contributed by atoms with Crippen LogP contribution in [-0.4, -0.2) is 35.1 Å². The van der Waals surface area contributed by atoms with Gasteiger partial charge in [-0.1, -0.05) is 23.7 Å². The van der Waals surface area contributed by atoms with Crippen LogP contribution in [0, 0.1) is 13.8 Å². The molecule has 0 unspecified atom stereocenters. The monoisotopic (exact) mass is 516 g/mol. The van der Waals surface area contributed by atoms with E-state index in [9.17, 15) is 13.2 Å². The number of sulfonamides is 1. The van der Waals surface area contributed by atoms with Gasteiger partial charge in [-0.3, -0.25) is 9.10 Å². The number of ether oxygens (including phenoxy) is 2. The van der Waals surface area contributed by atoms with Crippen molar-refractivity contribution in [1.29, 1.82) is 0 Å². The van der Waals surface area contributed by atoms with Gasteiger partial charge in [0, 0.05) is 5.02 Å². The number of carbonyl (C=O) groups excluding carboxylic acids is 1. The van der Waals surface area contributed by atoms with Gasteiger partial charge in [-0.05, 0) is 86.0 Å². The minimum Gasteiger partial charge on any atom is -0.493 e. The van der Waals surface area contributed by atoms with Crippen molar-refractivity contribution in [1.82, 2.24) is 5.32 Å². The van der Waals surface area contributed by atoms with Gasteiger partial charge in [-0.25, -0.2) is 8.42 Å². The Kier molecular flexibility index (Phi) is 8.30. The predicted molar refractivity (Wildman–Crippen MR) is 138 cm³/mol. The average molecular weight is 517 g/mol. The molecule has 0 aromatic heterocycles. The fraction of sp³-hybridized carbons (Fsp3) is 0.269. The van der Waals surface area contributed by atoms with E-state index < -0.39 is 28.5 Å². The quantitative estimate of drug-likeness (QED) is 0.430. The molecular formula is C26H29ClN2O5S. The molecule has 0 bridgehead atoms. The SMILES string of the molecule is COc1ccc([C@@H](C)NC(=O)CN(c2ccc(C)c(C)c2)S(=O)(=O)c2ccc(Cl)cc2)cc1OC. The van der Waals surface area contributed by atoms with Gasteiger partial charge in [0.25, 0.3) is 10.0 Å². The van der Waals surface area contributed by atoms with Gasteiger partial charge < -0.3 is 14.8 Å². The fourth-order valence-corrected chi connectivity index (χ4v) is 5.09. The number of nitrogens with one attached hydrogen (secondary N) is 1. The molecule has 0 aliphatic carbocycles. The number of halogens is 1. The number of anilines is 1. The Morgan fingerprint density at radius 1 is 0.943 bits per heavy atom. The van der Waals surface area contributed by atoms with E-state index >= 15 is 0 Å². The summed E-state index contributed by atoms with van der Waals surface area (Å²) in [6, 6.07) is 16.1. The van der Waals surface area contributed by atoms with E-state index in [1.54, 1.807) is 31.4 Å². The molecule has 0 saturated carbocycles. The van der Waals surface area contributed by atoms with E-state index in [0.29, 0.717) is 22.2 Å². The van der Waals surface area contributed by atoms with Crippen LogP contribution in [0.25, 0.3) is 0 Å². The Balaban J connectivity index is 1.90. The van der Waals surface area contributed by atoms with Crippen LogP contribution < -0.4 is 19.1 Å². The first-order chi connectivity index (χ1) is 16.6. The lowest BCUT2D eigenvalue weighted by Gasteiger charge is -2.26. The third-order valence-corrected chi connectivity index (χ3v) is 7.79. The molecule has 0 fully saturated rings. The predicted octanol–water partition coefficient (Wildman–Crippen LogP) is 5.05. The molecule has 0 aliphatic rings. The van der Waals surface area contributed by atoms with Crippen LogP contribution in [0.4, 0.5) is 5.69 Å². The Morgan fingerprint density at radius 3 is 2.20 bits per heavy atom. The number of hydrogen-bond donors (Lipinski definition) is 1. The summed E-state index contributed by atoms with van der Waals surface area (Å²) < 4.78 is 38.8. The first kappa shape index (κ1) is 26.4. The van der Waals surface area contributed by atoms with Crippen LogP contribution in [0.3, 0.4) is 0 Å². The number of hydrogen-bond acceptors (Lipinski definition) is 5. The molecule has 3 aromatic carbocycles. The van der Waals surface area contributed by atoms with Crippen molar-refractivity contribution in [3.05, 3.63) is 82.4 Å². The zero-order chi connectivity index (χ0) is 25.8. The summed E-state index contributed by atoms with van der Waals surface area (Å²) in [5.41, 5.74) is 3.12. The molecule has 3 aromatic rings. The fourth-order valence-electron chi connectivity index (χ4n) is 3.55. The number of rotatable bonds is 9. The summed E-state index contributed by atoms with van der Waals surface area (Å²) >= 11 is 5.95. The summed E-state index contributed by atoms with van der Waals surface area (Å²) in [7, 11) is -0.956. The minimum absolute atomic E-state index is 0.0425. The molecule has 35 heavy (non-hydrogen) atoms. The van der Waals surface area contributed by atoms with Crippen molar-refractivity contribution in [2.24, 2.45) is 0 Å². The van der Waals surface area contributed by atoms with Crippen molar-refractivity contribution in [3.8, 4) is 11.5 Å². The van der Waals surface area contributed by atoms with Crippen molar-refractivity contribution < 1.29 is 22.7 Å². The second-order valence-electron chi connectivity index (χ2n) is 8.14.